The number of hydrogen-bond donors (Lipinski definition) is 1. The van der Waals surface area contributed by atoms with Crippen molar-refractivity contribution in [2.75, 3.05) is 16.8 Å². The van der Waals surface area contributed by atoms with Crippen LogP contribution in [0.1, 0.15) is 27.3 Å². The minimum absolute atomic E-state index is 0.0735. The minimum Gasteiger partial charge on any atom is -0.362 e. The van der Waals surface area contributed by atoms with Crippen LogP contribution in [0, 0.1) is 13.8 Å². The van der Waals surface area contributed by atoms with Crippen LogP contribution in [-0.4, -0.2) is 22.0 Å². The fraction of sp³-hybridized carbons (Fsp3) is 0.200. The third-order valence-electron chi connectivity index (χ3n) is 5.87. The van der Waals surface area contributed by atoms with Gasteiger partial charge in [-0.1, -0.05) is 30.3 Å². The van der Waals surface area contributed by atoms with Crippen LogP contribution >= 0.6 is 0 Å². The Morgan fingerprint density at radius 2 is 1.73 bits per heavy atom. The summed E-state index contributed by atoms with van der Waals surface area (Å²) in [7, 11) is 0. The van der Waals surface area contributed by atoms with E-state index in [-0.39, 0.29) is 5.91 Å². The third kappa shape index (κ3) is 3.22. The monoisotopic (exact) mass is 396 g/mol. The Morgan fingerprint density at radius 3 is 2.57 bits per heavy atom. The lowest BCUT2D eigenvalue weighted by molar-refractivity contribution is 0.102. The molecule has 0 atom stereocenters. The van der Waals surface area contributed by atoms with E-state index in [2.05, 4.69) is 45.1 Å². The van der Waals surface area contributed by atoms with Gasteiger partial charge in [-0.2, -0.15) is 0 Å². The van der Waals surface area contributed by atoms with Crippen molar-refractivity contribution in [1.29, 1.82) is 0 Å². The van der Waals surface area contributed by atoms with E-state index in [0.29, 0.717) is 5.56 Å². The first-order valence-electron chi connectivity index (χ1n) is 10.3. The number of aryl methyl sites for hydroxylation is 2. The number of amides is 1. The van der Waals surface area contributed by atoms with E-state index in [1.807, 2.05) is 50.2 Å². The van der Waals surface area contributed by atoms with E-state index in [9.17, 15) is 4.79 Å². The Hall–Kier alpha value is -3.60. The summed E-state index contributed by atoms with van der Waals surface area (Å²) in [4.78, 5) is 19.8. The summed E-state index contributed by atoms with van der Waals surface area (Å²) in [6.45, 7) is 6.62. The quantitative estimate of drug-likeness (QED) is 0.534. The van der Waals surface area contributed by atoms with E-state index in [0.717, 1.165) is 53.5 Å². The Bertz CT molecular complexity index is 1260. The molecule has 0 fully saturated rings. The molecule has 2 heterocycles. The summed E-state index contributed by atoms with van der Waals surface area (Å²) in [6.07, 6.45) is 0. The van der Waals surface area contributed by atoms with Crippen molar-refractivity contribution in [3.63, 3.8) is 0 Å². The highest BCUT2D eigenvalue weighted by atomic mass is 16.1. The maximum absolute atomic E-state index is 12.7. The van der Waals surface area contributed by atoms with E-state index < -0.39 is 0 Å². The highest BCUT2D eigenvalue weighted by Gasteiger charge is 2.20. The molecule has 5 heteroatoms. The zero-order valence-corrected chi connectivity index (χ0v) is 17.2. The Morgan fingerprint density at radius 1 is 0.933 bits per heavy atom. The van der Waals surface area contributed by atoms with Gasteiger partial charge >= 0.3 is 0 Å². The van der Waals surface area contributed by atoms with Gasteiger partial charge < -0.3 is 14.8 Å². The van der Waals surface area contributed by atoms with Crippen LogP contribution in [0.15, 0.2) is 66.7 Å². The Labute approximate surface area is 176 Å². The summed E-state index contributed by atoms with van der Waals surface area (Å²) in [6, 6.07) is 22.2. The van der Waals surface area contributed by atoms with Crippen molar-refractivity contribution in [2.24, 2.45) is 0 Å². The molecular formula is C25H24N4O. The molecule has 5 nitrogen and oxygen atoms in total. The number of imidazole rings is 1. The number of carbonyl (C=O) groups is 1. The number of para-hydroxylation sites is 2. The van der Waals surface area contributed by atoms with Gasteiger partial charge in [0, 0.05) is 30.0 Å². The lowest BCUT2D eigenvalue weighted by Crippen LogP contribution is -2.33. The average molecular weight is 396 g/mol. The molecule has 1 N–H and O–H groups in total. The zero-order chi connectivity index (χ0) is 20.7. The highest BCUT2D eigenvalue weighted by molar-refractivity contribution is 6.05. The summed E-state index contributed by atoms with van der Waals surface area (Å²) in [5.74, 6) is 1.02. The van der Waals surface area contributed by atoms with Gasteiger partial charge in [-0.15, -0.1) is 0 Å². The van der Waals surface area contributed by atoms with Crippen molar-refractivity contribution in [3.05, 3.63) is 89.2 Å². The number of rotatable bonds is 3. The normalized spacial score (nSPS) is 13.3. The van der Waals surface area contributed by atoms with Crippen LogP contribution < -0.4 is 10.2 Å². The van der Waals surface area contributed by atoms with E-state index in [4.69, 9.17) is 4.98 Å². The van der Waals surface area contributed by atoms with Gasteiger partial charge in [0.2, 0.25) is 0 Å². The van der Waals surface area contributed by atoms with Crippen molar-refractivity contribution in [3.8, 4) is 0 Å². The first-order valence-corrected chi connectivity index (χ1v) is 10.3. The summed E-state index contributed by atoms with van der Waals surface area (Å²) < 4.78 is 2.31. The second-order valence-corrected chi connectivity index (χ2v) is 7.86. The molecule has 0 bridgehead atoms. The van der Waals surface area contributed by atoms with Crippen molar-refractivity contribution in [1.82, 2.24) is 9.55 Å². The topological polar surface area (TPSA) is 50.2 Å². The Kier molecular flexibility index (Phi) is 4.51. The first kappa shape index (κ1) is 18.4. The molecule has 1 amide bonds. The molecule has 0 aliphatic carbocycles. The second-order valence-electron chi connectivity index (χ2n) is 7.86. The number of nitrogens with zero attached hydrogens (tertiary/aromatic N) is 3. The molecule has 3 aromatic carbocycles. The van der Waals surface area contributed by atoms with Gasteiger partial charge in [0.25, 0.3) is 5.91 Å². The molecule has 1 aliphatic rings. The number of aromatic nitrogens is 2. The first-order chi connectivity index (χ1) is 14.6. The number of hydrogen-bond acceptors (Lipinski definition) is 3. The molecule has 30 heavy (non-hydrogen) atoms. The Balaban J connectivity index is 1.36. The lowest BCUT2D eigenvalue weighted by Gasteiger charge is -2.30. The second kappa shape index (κ2) is 7.34. The van der Waals surface area contributed by atoms with Gasteiger partial charge in [0.1, 0.15) is 5.82 Å². The summed E-state index contributed by atoms with van der Waals surface area (Å²) in [5.41, 5.74) is 6.98. The molecular weight excluding hydrogens is 372 g/mol. The molecule has 0 spiro atoms. The van der Waals surface area contributed by atoms with Gasteiger partial charge in [-0.05, 0) is 61.4 Å². The fourth-order valence-corrected chi connectivity index (χ4v) is 4.19. The van der Waals surface area contributed by atoms with Crippen LogP contribution in [0.4, 0.5) is 11.4 Å². The number of benzene rings is 3. The third-order valence-corrected chi connectivity index (χ3v) is 5.87. The van der Waals surface area contributed by atoms with E-state index in [1.165, 1.54) is 5.52 Å². The van der Waals surface area contributed by atoms with Gasteiger partial charge in [-0.25, -0.2) is 4.98 Å². The number of fused-ring (bicyclic) bond motifs is 3. The highest BCUT2D eigenvalue weighted by Crippen LogP contribution is 2.28. The van der Waals surface area contributed by atoms with E-state index >= 15 is 0 Å². The summed E-state index contributed by atoms with van der Waals surface area (Å²) in [5, 5.41) is 3.06. The molecule has 1 aliphatic heterocycles. The predicted octanol–water partition coefficient (Wildman–Crippen LogP) is 4.93. The average Bonchev–Trinajstić information content (AvgIpc) is 3.13. The molecule has 0 unspecified atom stereocenters. The fourth-order valence-electron chi connectivity index (χ4n) is 4.19. The van der Waals surface area contributed by atoms with Gasteiger partial charge in [-0.3, -0.25) is 4.79 Å². The molecule has 150 valence electrons. The van der Waals surface area contributed by atoms with Crippen LogP contribution in [-0.2, 0) is 13.1 Å². The van der Waals surface area contributed by atoms with E-state index in [1.54, 1.807) is 0 Å². The van der Waals surface area contributed by atoms with Crippen molar-refractivity contribution in [2.45, 2.75) is 26.9 Å². The summed E-state index contributed by atoms with van der Waals surface area (Å²) >= 11 is 0. The molecule has 4 aromatic rings. The number of anilines is 2. The molecule has 0 saturated carbocycles. The standard InChI is InChI=1S/C25H24N4O/c1-17-7-3-4-8-20(17)25(30)27-21-12-11-19(15-18(21)2)28-13-14-29-23-10-6-5-9-22(23)26-24(29)16-28/h3-12,15H,13-14,16H2,1-2H3,(H,27,30). The number of nitrogens with one attached hydrogen (secondary N) is 1. The molecule has 5 rings (SSSR count). The van der Waals surface area contributed by atoms with Gasteiger partial charge in [0.05, 0.1) is 17.6 Å². The van der Waals surface area contributed by atoms with Crippen LogP contribution in [0.3, 0.4) is 0 Å². The predicted molar refractivity (Wildman–Crippen MR) is 121 cm³/mol. The largest absolute Gasteiger partial charge is 0.362 e. The van der Waals surface area contributed by atoms with Crippen LogP contribution in [0.2, 0.25) is 0 Å². The minimum atomic E-state index is -0.0735. The lowest BCUT2D eigenvalue weighted by atomic mass is 10.1. The molecule has 0 saturated heterocycles. The van der Waals surface area contributed by atoms with Crippen LogP contribution in [0.25, 0.3) is 11.0 Å². The smallest absolute Gasteiger partial charge is 0.255 e. The maximum Gasteiger partial charge on any atom is 0.255 e. The molecule has 0 radical (unpaired) electrons. The van der Waals surface area contributed by atoms with Gasteiger partial charge in [0.15, 0.2) is 0 Å². The number of carbonyl (C=O) groups excluding carboxylic acids is 1. The van der Waals surface area contributed by atoms with Crippen LogP contribution in [0.5, 0.6) is 0 Å². The zero-order valence-electron chi connectivity index (χ0n) is 17.2. The van der Waals surface area contributed by atoms with Crippen molar-refractivity contribution >= 4 is 28.3 Å². The molecule has 1 aromatic heterocycles. The SMILES string of the molecule is Cc1cc(N2CCn3c(nc4ccccc43)C2)ccc1NC(=O)c1ccccc1C. The maximum atomic E-state index is 12.7. The van der Waals surface area contributed by atoms with Crippen molar-refractivity contribution < 1.29 is 4.79 Å².